The first-order chi connectivity index (χ1) is 10.9. The number of imidazole rings is 1. The molecule has 2 heteroatoms. The lowest BCUT2D eigenvalue weighted by molar-refractivity contribution is 0.621. The Labute approximate surface area is 132 Å². The highest BCUT2D eigenvalue weighted by Crippen LogP contribution is 2.14. The minimum absolute atomic E-state index is 1.04. The summed E-state index contributed by atoms with van der Waals surface area (Å²) in [6, 6.07) is 17.2. The van der Waals surface area contributed by atoms with E-state index in [4.69, 9.17) is 0 Å². The molecule has 0 saturated heterocycles. The lowest BCUT2D eigenvalue weighted by atomic mass is 10.1. The molecular weight excluding hydrogens is 268 g/mol. The number of hydrogen-bond acceptors (Lipinski definition) is 1. The van der Waals surface area contributed by atoms with Crippen molar-refractivity contribution in [3.63, 3.8) is 0 Å². The van der Waals surface area contributed by atoms with E-state index in [2.05, 4.69) is 64.2 Å². The Bertz CT molecular complexity index is 751. The molecule has 1 heterocycles. The second-order valence-electron chi connectivity index (χ2n) is 5.63. The fourth-order valence-corrected chi connectivity index (χ4v) is 2.79. The standard InChI is InChI=1S/C20H22N2/c1-2-7-17-11-13-18(14-12-17)8-5-6-15-22-16-21-19-9-3-4-10-20(19)22/h2-4,7,9-14,16H,5-6,8,15H2,1H3/b7-2+. The third-order valence-corrected chi connectivity index (χ3v) is 3.98. The van der Waals surface area contributed by atoms with Crippen LogP contribution < -0.4 is 0 Å². The van der Waals surface area contributed by atoms with Gasteiger partial charge in [-0.2, -0.15) is 0 Å². The zero-order valence-corrected chi connectivity index (χ0v) is 13.1. The van der Waals surface area contributed by atoms with Gasteiger partial charge in [0, 0.05) is 6.54 Å². The van der Waals surface area contributed by atoms with Crippen molar-refractivity contribution in [3.05, 3.63) is 72.1 Å². The average Bonchev–Trinajstić information content (AvgIpc) is 2.97. The van der Waals surface area contributed by atoms with Crippen LogP contribution in [0.15, 0.2) is 60.9 Å². The second-order valence-corrected chi connectivity index (χ2v) is 5.63. The Morgan fingerprint density at radius 2 is 1.82 bits per heavy atom. The van der Waals surface area contributed by atoms with Crippen molar-refractivity contribution in [1.29, 1.82) is 0 Å². The van der Waals surface area contributed by atoms with Crippen LogP contribution in [0.4, 0.5) is 0 Å². The Morgan fingerprint density at radius 1 is 1.00 bits per heavy atom. The monoisotopic (exact) mass is 290 g/mol. The third-order valence-electron chi connectivity index (χ3n) is 3.98. The van der Waals surface area contributed by atoms with Crippen molar-refractivity contribution < 1.29 is 0 Å². The molecule has 0 N–H and O–H groups in total. The summed E-state index contributed by atoms with van der Waals surface area (Å²) in [6.07, 6.45) is 9.68. The van der Waals surface area contributed by atoms with Crippen molar-refractivity contribution in [2.45, 2.75) is 32.7 Å². The summed E-state index contributed by atoms with van der Waals surface area (Å²) in [6.45, 7) is 3.09. The molecule has 112 valence electrons. The first kappa shape index (κ1) is 14.6. The number of allylic oxidation sites excluding steroid dienone is 1. The number of nitrogens with zero attached hydrogens (tertiary/aromatic N) is 2. The van der Waals surface area contributed by atoms with Crippen molar-refractivity contribution in [2.75, 3.05) is 0 Å². The lowest BCUT2D eigenvalue weighted by Gasteiger charge is -2.05. The second kappa shape index (κ2) is 7.08. The minimum atomic E-state index is 1.04. The maximum absolute atomic E-state index is 4.44. The predicted molar refractivity (Wildman–Crippen MR) is 93.8 cm³/mol. The highest BCUT2D eigenvalue weighted by atomic mass is 15.0. The van der Waals surface area contributed by atoms with Crippen molar-refractivity contribution in [2.24, 2.45) is 0 Å². The first-order valence-electron chi connectivity index (χ1n) is 7.98. The molecule has 0 atom stereocenters. The van der Waals surface area contributed by atoms with Crippen LogP contribution in [-0.2, 0) is 13.0 Å². The van der Waals surface area contributed by atoms with Gasteiger partial charge in [-0.3, -0.25) is 0 Å². The molecule has 0 bridgehead atoms. The van der Waals surface area contributed by atoms with Crippen molar-refractivity contribution >= 4 is 17.1 Å². The van der Waals surface area contributed by atoms with Crippen LogP contribution in [0.25, 0.3) is 17.1 Å². The Morgan fingerprint density at radius 3 is 2.64 bits per heavy atom. The molecule has 0 fully saturated rings. The lowest BCUT2D eigenvalue weighted by Crippen LogP contribution is -1.97. The fraction of sp³-hybridized carbons (Fsp3) is 0.250. The van der Waals surface area contributed by atoms with Crippen molar-refractivity contribution in [1.82, 2.24) is 9.55 Å². The Balaban J connectivity index is 1.51. The molecule has 0 saturated carbocycles. The molecule has 0 radical (unpaired) electrons. The molecule has 2 nitrogen and oxygen atoms in total. The first-order valence-corrected chi connectivity index (χ1v) is 7.98. The van der Waals surface area contributed by atoms with Gasteiger partial charge in [0.1, 0.15) is 0 Å². The number of rotatable bonds is 6. The third kappa shape index (κ3) is 3.45. The molecule has 3 aromatic rings. The molecule has 0 amide bonds. The molecule has 0 aliphatic carbocycles. The predicted octanol–water partition coefficient (Wildman–Crippen LogP) is 5.09. The molecule has 1 aromatic heterocycles. The summed E-state index contributed by atoms with van der Waals surface area (Å²) >= 11 is 0. The molecule has 3 rings (SSSR count). The van der Waals surface area contributed by atoms with Crippen molar-refractivity contribution in [3.8, 4) is 0 Å². The maximum Gasteiger partial charge on any atom is 0.0958 e. The summed E-state index contributed by atoms with van der Waals surface area (Å²) in [5, 5.41) is 0. The van der Waals surface area contributed by atoms with Gasteiger partial charge in [-0.15, -0.1) is 0 Å². The molecule has 2 aromatic carbocycles. The van der Waals surface area contributed by atoms with Gasteiger partial charge in [0.2, 0.25) is 0 Å². The highest BCUT2D eigenvalue weighted by molar-refractivity contribution is 5.74. The van der Waals surface area contributed by atoms with Gasteiger partial charge in [-0.25, -0.2) is 4.98 Å². The van der Waals surface area contributed by atoms with E-state index in [-0.39, 0.29) is 0 Å². The van der Waals surface area contributed by atoms with E-state index in [0.717, 1.165) is 18.5 Å². The highest BCUT2D eigenvalue weighted by Gasteiger charge is 2.01. The number of hydrogen-bond donors (Lipinski definition) is 0. The minimum Gasteiger partial charge on any atom is -0.331 e. The number of para-hydroxylation sites is 2. The van der Waals surface area contributed by atoms with Gasteiger partial charge in [0.05, 0.1) is 17.4 Å². The van der Waals surface area contributed by atoms with Gasteiger partial charge >= 0.3 is 0 Å². The molecule has 0 spiro atoms. The summed E-state index contributed by atoms with van der Waals surface area (Å²) in [7, 11) is 0. The molecule has 22 heavy (non-hydrogen) atoms. The van der Waals surface area contributed by atoms with Crippen LogP contribution in [0, 0.1) is 0 Å². The smallest absolute Gasteiger partial charge is 0.0958 e. The normalized spacial score (nSPS) is 11.5. The van der Waals surface area contributed by atoms with E-state index in [0.29, 0.717) is 0 Å². The van der Waals surface area contributed by atoms with Gasteiger partial charge in [-0.1, -0.05) is 48.6 Å². The van der Waals surface area contributed by atoms with E-state index in [1.54, 1.807) is 0 Å². The van der Waals surface area contributed by atoms with Gasteiger partial charge in [-0.05, 0) is 49.4 Å². The van der Waals surface area contributed by atoms with Crippen LogP contribution in [0.5, 0.6) is 0 Å². The topological polar surface area (TPSA) is 17.8 Å². The van der Waals surface area contributed by atoms with Gasteiger partial charge in [0.25, 0.3) is 0 Å². The summed E-state index contributed by atoms with van der Waals surface area (Å²) in [5.74, 6) is 0. The van der Waals surface area contributed by atoms with E-state index in [9.17, 15) is 0 Å². The van der Waals surface area contributed by atoms with Gasteiger partial charge in [0.15, 0.2) is 0 Å². The zero-order chi connectivity index (χ0) is 15.2. The van der Waals surface area contributed by atoms with E-state index in [1.165, 1.54) is 29.5 Å². The van der Waals surface area contributed by atoms with E-state index in [1.807, 2.05) is 19.3 Å². The zero-order valence-electron chi connectivity index (χ0n) is 13.1. The number of aromatic nitrogens is 2. The SMILES string of the molecule is C/C=C/c1ccc(CCCCn2cnc3ccccc32)cc1. The summed E-state index contributed by atoms with van der Waals surface area (Å²) in [4.78, 5) is 4.44. The fourth-order valence-electron chi connectivity index (χ4n) is 2.79. The number of aryl methyl sites for hydroxylation is 2. The summed E-state index contributed by atoms with van der Waals surface area (Å²) in [5.41, 5.74) is 5.01. The Hall–Kier alpha value is -2.35. The van der Waals surface area contributed by atoms with Crippen LogP contribution in [0.1, 0.15) is 30.9 Å². The number of benzene rings is 2. The van der Waals surface area contributed by atoms with Crippen LogP contribution in [0.3, 0.4) is 0 Å². The van der Waals surface area contributed by atoms with E-state index < -0.39 is 0 Å². The van der Waals surface area contributed by atoms with Crippen LogP contribution >= 0.6 is 0 Å². The largest absolute Gasteiger partial charge is 0.331 e. The van der Waals surface area contributed by atoms with E-state index >= 15 is 0 Å². The number of fused-ring (bicyclic) bond motifs is 1. The average molecular weight is 290 g/mol. The number of unbranched alkanes of at least 4 members (excludes halogenated alkanes) is 1. The Kier molecular flexibility index (Phi) is 4.69. The molecular formula is C20H22N2. The van der Waals surface area contributed by atoms with Gasteiger partial charge < -0.3 is 4.57 Å². The van der Waals surface area contributed by atoms with Crippen LogP contribution in [0.2, 0.25) is 0 Å². The maximum atomic E-state index is 4.44. The van der Waals surface area contributed by atoms with Crippen LogP contribution in [-0.4, -0.2) is 9.55 Å². The quantitative estimate of drug-likeness (QED) is 0.578. The summed E-state index contributed by atoms with van der Waals surface area (Å²) < 4.78 is 2.25. The molecule has 0 unspecified atom stereocenters. The molecule has 0 aliphatic rings. The molecule has 0 aliphatic heterocycles.